The molecule has 1 aliphatic heterocycles. The molecule has 1 fully saturated rings. The smallest absolute Gasteiger partial charge is 0.152 e. The normalized spacial score (nSPS) is 22.1. The molecule has 0 radical (unpaired) electrons. The lowest BCUT2D eigenvalue weighted by Gasteiger charge is -2.26. The first-order chi connectivity index (χ1) is 8.43. The maximum Gasteiger partial charge on any atom is 0.152 e. The fourth-order valence-electron chi connectivity index (χ4n) is 2.24. The molecule has 4 nitrogen and oxygen atoms in total. The summed E-state index contributed by atoms with van der Waals surface area (Å²) in [5.41, 5.74) is 7.38. The molecule has 1 aromatic rings. The van der Waals surface area contributed by atoms with Crippen molar-refractivity contribution in [1.29, 1.82) is 0 Å². The Morgan fingerprint density at radius 3 is 2.72 bits per heavy atom. The van der Waals surface area contributed by atoms with Crippen LogP contribution in [0.1, 0.15) is 12.0 Å². The number of nitrogens with zero attached hydrogens (tertiary/aromatic N) is 1. The highest BCUT2D eigenvalue weighted by atomic mass is 35.5. The first-order valence-corrected chi connectivity index (χ1v) is 8.04. The lowest BCUT2D eigenvalue weighted by Crippen LogP contribution is -2.32. The van der Waals surface area contributed by atoms with E-state index in [0.717, 1.165) is 11.3 Å². The molecule has 1 aliphatic rings. The predicted molar refractivity (Wildman–Crippen MR) is 74.8 cm³/mol. The molecule has 2 N–H and O–H groups in total. The Hall–Kier alpha value is -0.780. The summed E-state index contributed by atoms with van der Waals surface area (Å²) in [7, 11) is -0.995. The van der Waals surface area contributed by atoms with Crippen LogP contribution in [-0.4, -0.2) is 33.0 Å². The van der Waals surface area contributed by atoms with Gasteiger partial charge in [0.25, 0.3) is 0 Å². The standard InChI is InChI=1S/C12H17ClN2O2S/c1-15(10-4-5-18(16,17)8-10)12-3-2-9(7-14)6-11(12)13/h2-3,6,10H,4-5,7-8,14H2,1H3. The van der Waals surface area contributed by atoms with E-state index in [1.807, 2.05) is 30.1 Å². The van der Waals surface area contributed by atoms with Crippen LogP contribution in [-0.2, 0) is 16.4 Å². The minimum absolute atomic E-state index is 0.0104. The van der Waals surface area contributed by atoms with Crippen LogP contribution in [0.25, 0.3) is 0 Å². The van der Waals surface area contributed by atoms with Gasteiger partial charge in [0, 0.05) is 19.6 Å². The highest BCUT2D eigenvalue weighted by molar-refractivity contribution is 7.91. The molecule has 1 heterocycles. The van der Waals surface area contributed by atoms with E-state index in [4.69, 9.17) is 17.3 Å². The molecule has 100 valence electrons. The number of nitrogens with two attached hydrogens (primary N) is 1. The first-order valence-electron chi connectivity index (χ1n) is 5.85. The predicted octanol–water partition coefficient (Wildman–Crippen LogP) is 1.42. The van der Waals surface area contributed by atoms with Crippen molar-refractivity contribution in [2.75, 3.05) is 23.5 Å². The average molecular weight is 289 g/mol. The van der Waals surface area contributed by atoms with Crippen LogP contribution >= 0.6 is 11.6 Å². The van der Waals surface area contributed by atoms with Crippen LogP contribution in [0.3, 0.4) is 0 Å². The number of hydrogen-bond acceptors (Lipinski definition) is 4. The van der Waals surface area contributed by atoms with Crippen molar-refractivity contribution in [3.05, 3.63) is 28.8 Å². The third-order valence-corrected chi connectivity index (χ3v) is 5.44. The van der Waals surface area contributed by atoms with Crippen molar-refractivity contribution in [3.8, 4) is 0 Å². The summed E-state index contributed by atoms with van der Waals surface area (Å²) < 4.78 is 23.0. The van der Waals surface area contributed by atoms with Crippen LogP contribution in [0.15, 0.2) is 18.2 Å². The second kappa shape index (κ2) is 5.07. The summed E-state index contributed by atoms with van der Waals surface area (Å²) in [6.07, 6.45) is 0.661. The van der Waals surface area contributed by atoms with Crippen molar-refractivity contribution in [2.24, 2.45) is 5.73 Å². The van der Waals surface area contributed by atoms with Gasteiger partial charge in [-0.3, -0.25) is 0 Å². The summed E-state index contributed by atoms with van der Waals surface area (Å²) in [6, 6.07) is 5.66. The number of benzene rings is 1. The fourth-order valence-corrected chi connectivity index (χ4v) is 4.35. The zero-order chi connectivity index (χ0) is 13.3. The molecule has 0 aliphatic carbocycles. The van der Waals surface area contributed by atoms with Gasteiger partial charge in [-0.15, -0.1) is 0 Å². The highest BCUT2D eigenvalue weighted by Crippen LogP contribution is 2.30. The van der Waals surface area contributed by atoms with Gasteiger partial charge < -0.3 is 10.6 Å². The molecule has 18 heavy (non-hydrogen) atoms. The number of sulfone groups is 1. The van der Waals surface area contributed by atoms with Gasteiger partial charge in [0.1, 0.15) is 0 Å². The summed E-state index contributed by atoms with van der Waals surface area (Å²) in [5, 5.41) is 0.616. The summed E-state index contributed by atoms with van der Waals surface area (Å²) in [5.74, 6) is 0.471. The van der Waals surface area contributed by atoms with Crippen LogP contribution in [0.5, 0.6) is 0 Å². The summed E-state index contributed by atoms with van der Waals surface area (Å²) in [4.78, 5) is 1.95. The molecule has 2 rings (SSSR count). The van der Waals surface area contributed by atoms with Crippen LogP contribution in [0.4, 0.5) is 5.69 Å². The molecule has 1 atom stereocenters. The number of anilines is 1. The Morgan fingerprint density at radius 2 is 2.22 bits per heavy atom. The van der Waals surface area contributed by atoms with Gasteiger partial charge in [0.2, 0.25) is 0 Å². The Labute approximate surface area is 113 Å². The van der Waals surface area contributed by atoms with Crippen molar-refractivity contribution in [3.63, 3.8) is 0 Å². The molecule has 0 spiro atoms. The van der Waals surface area contributed by atoms with E-state index in [9.17, 15) is 8.42 Å². The molecule has 0 aromatic heterocycles. The highest BCUT2D eigenvalue weighted by Gasteiger charge is 2.31. The van der Waals surface area contributed by atoms with Gasteiger partial charge in [-0.25, -0.2) is 8.42 Å². The van der Waals surface area contributed by atoms with Crippen molar-refractivity contribution < 1.29 is 8.42 Å². The molecule has 1 saturated heterocycles. The molecule has 0 saturated carbocycles. The molecule has 1 aromatic carbocycles. The lowest BCUT2D eigenvalue weighted by molar-refractivity contribution is 0.601. The minimum Gasteiger partial charge on any atom is -0.369 e. The van der Waals surface area contributed by atoms with E-state index in [1.54, 1.807) is 0 Å². The van der Waals surface area contributed by atoms with Gasteiger partial charge in [-0.2, -0.15) is 0 Å². The minimum atomic E-state index is -2.88. The molecule has 0 amide bonds. The maximum atomic E-state index is 11.5. The zero-order valence-corrected chi connectivity index (χ0v) is 11.8. The van der Waals surface area contributed by atoms with Gasteiger partial charge in [0.15, 0.2) is 9.84 Å². The van der Waals surface area contributed by atoms with Crippen LogP contribution in [0, 0.1) is 0 Å². The summed E-state index contributed by atoms with van der Waals surface area (Å²) >= 11 is 6.21. The topological polar surface area (TPSA) is 63.4 Å². The molecular weight excluding hydrogens is 272 g/mol. The SMILES string of the molecule is CN(c1ccc(CN)cc1Cl)C1CCS(=O)(=O)C1. The number of halogens is 1. The first kappa shape index (κ1) is 13.6. The number of hydrogen-bond donors (Lipinski definition) is 1. The third-order valence-electron chi connectivity index (χ3n) is 3.38. The molecular formula is C12H17ClN2O2S. The second-order valence-electron chi connectivity index (χ2n) is 4.66. The maximum absolute atomic E-state index is 11.5. The van der Waals surface area contributed by atoms with E-state index in [-0.39, 0.29) is 17.5 Å². The van der Waals surface area contributed by atoms with Crippen LogP contribution < -0.4 is 10.6 Å². The Kier molecular flexibility index (Phi) is 3.84. The Morgan fingerprint density at radius 1 is 1.50 bits per heavy atom. The monoisotopic (exact) mass is 288 g/mol. The fraction of sp³-hybridized carbons (Fsp3) is 0.500. The van der Waals surface area contributed by atoms with Crippen LogP contribution in [0.2, 0.25) is 5.02 Å². The van der Waals surface area contributed by atoms with E-state index in [1.165, 1.54) is 0 Å². The Balaban J connectivity index is 2.21. The quantitative estimate of drug-likeness (QED) is 0.914. The summed E-state index contributed by atoms with van der Waals surface area (Å²) in [6.45, 7) is 0.446. The van der Waals surface area contributed by atoms with Gasteiger partial charge in [-0.1, -0.05) is 17.7 Å². The third kappa shape index (κ3) is 2.79. The second-order valence-corrected chi connectivity index (χ2v) is 7.29. The van der Waals surface area contributed by atoms with Crippen molar-refractivity contribution >= 4 is 27.1 Å². The largest absolute Gasteiger partial charge is 0.369 e. The van der Waals surface area contributed by atoms with E-state index < -0.39 is 9.84 Å². The number of rotatable bonds is 3. The van der Waals surface area contributed by atoms with Gasteiger partial charge >= 0.3 is 0 Å². The average Bonchev–Trinajstić information content (AvgIpc) is 2.68. The Bertz CT molecular complexity index is 545. The van der Waals surface area contributed by atoms with Gasteiger partial charge in [-0.05, 0) is 24.1 Å². The van der Waals surface area contributed by atoms with E-state index >= 15 is 0 Å². The molecule has 6 heteroatoms. The van der Waals surface area contributed by atoms with Gasteiger partial charge in [0.05, 0.1) is 22.2 Å². The molecule has 0 bridgehead atoms. The van der Waals surface area contributed by atoms with E-state index in [0.29, 0.717) is 18.0 Å². The molecule has 1 unspecified atom stereocenters. The van der Waals surface area contributed by atoms with Crippen molar-refractivity contribution in [1.82, 2.24) is 0 Å². The zero-order valence-electron chi connectivity index (χ0n) is 10.3. The van der Waals surface area contributed by atoms with E-state index in [2.05, 4.69) is 0 Å². The lowest BCUT2D eigenvalue weighted by atomic mass is 10.1. The van der Waals surface area contributed by atoms with Crippen molar-refractivity contribution in [2.45, 2.75) is 19.0 Å².